The number of aryl methyl sites for hydroxylation is 1. The van der Waals surface area contributed by atoms with Crippen LogP contribution in [0.2, 0.25) is 0 Å². The van der Waals surface area contributed by atoms with Crippen LogP contribution in [-0.2, 0) is 12.8 Å². The Bertz CT molecular complexity index is 531. The summed E-state index contributed by atoms with van der Waals surface area (Å²) in [6, 6.07) is 17.4. The number of anilines is 1. The molecule has 0 aromatic heterocycles. The Morgan fingerprint density at radius 1 is 1.06 bits per heavy atom. The molecule has 0 saturated heterocycles. The van der Waals surface area contributed by atoms with Gasteiger partial charge in [0.15, 0.2) is 0 Å². The van der Waals surface area contributed by atoms with Gasteiger partial charge in [-0.3, -0.25) is 0 Å². The number of nitrogens with one attached hydrogen (secondary N) is 1. The van der Waals surface area contributed by atoms with Crippen LogP contribution in [0.3, 0.4) is 0 Å². The number of rotatable bonds is 2. The van der Waals surface area contributed by atoms with Gasteiger partial charge in [-0.1, -0.05) is 48.5 Å². The molecule has 1 heteroatoms. The van der Waals surface area contributed by atoms with Gasteiger partial charge < -0.3 is 5.32 Å². The molecule has 1 atom stereocenters. The molecule has 0 radical (unpaired) electrons. The average Bonchev–Trinajstić information content (AvgIpc) is 2.40. The monoisotopic (exact) mass is 237 g/mol. The Balaban J connectivity index is 1.76. The summed E-state index contributed by atoms with van der Waals surface area (Å²) in [5.74, 6) is 0.710. The van der Waals surface area contributed by atoms with Gasteiger partial charge in [0.25, 0.3) is 0 Å². The van der Waals surface area contributed by atoms with Crippen molar-refractivity contribution < 1.29 is 0 Å². The van der Waals surface area contributed by atoms with Crippen molar-refractivity contribution in [3.63, 3.8) is 0 Å². The molecule has 0 saturated carbocycles. The Kier molecular flexibility index (Phi) is 3.06. The summed E-state index contributed by atoms with van der Waals surface area (Å²) >= 11 is 0. The van der Waals surface area contributed by atoms with E-state index in [1.165, 1.54) is 35.2 Å². The van der Waals surface area contributed by atoms with Crippen molar-refractivity contribution in [2.45, 2.75) is 19.8 Å². The first kappa shape index (κ1) is 11.3. The molecule has 92 valence electrons. The number of benzene rings is 2. The van der Waals surface area contributed by atoms with Crippen molar-refractivity contribution in [3.8, 4) is 0 Å². The molecule has 1 N–H and O–H groups in total. The molecule has 1 aliphatic rings. The molecule has 1 heterocycles. The lowest BCUT2D eigenvalue weighted by Gasteiger charge is -2.27. The standard InChI is InChI=1S/C17H19N/c1-13-6-5-9-16-11-15(12-18-17(13)16)10-14-7-3-2-4-8-14/h2-9,15,18H,10-12H2,1H3. The maximum Gasteiger partial charge on any atom is 0.0402 e. The summed E-state index contributed by atoms with van der Waals surface area (Å²) in [4.78, 5) is 0. The minimum atomic E-state index is 0.710. The van der Waals surface area contributed by atoms with Crippen molar-refractivity contribution in [3.05, 3.63) is 65.2 Å². The van der Waals surface area contributed by atoms with Crippen molar-refractivity contribution in [1.82, 2.24) is 0 Å². The van der Waals surface area contributed by atoms with E-state index in [1.807, 2.05) is 0 Å². The van der Waals surface area contributed by atoms with Gasteiger partial charge in [0, 0.05) is 12.2 Å². The van der Waals surface area contributed by atoms with Gasteiger partial charge in [0.1, 0.15) is 0 Å². The van der Waals surface area contributed by atoms with E-state index < -0.39 is 0 Å². The van der Waals surface area contributed by atoms with Gasteiger partial charge in [-0.15, -0.1) is 0 Å². The quantitative estimate of drug-likeness (QED) is 0.837. The largest absolute Gasteiger partial charge is 0.384 e. The minimum absolute atomic E-state index is 0.710. The highest BCUT2D eigenvalue weighted by molar-refractivity contribution is 5.58. The summed E-state index contributed by atoms with van der Waals surface area (Å²) in [6.45, 7) is 3.27. The second-order valence-electron chi connectivity index (χ2n) is 5.25. The molecule has 18 heavy (non-hydrogen) atoms. The van der Waals surface area contributed by atoms with Crippen LogP contribution in [0.25, 0.3) is 0 Å². The van der Waals surface area contributed by atoms with Crippen LogP contribution < -0.4 is 5.32 Å². The smallest absolute Gasteiger partial charge is 0.0402 e. The Hall–Kier alpha value is -1.76. The third kappa shape index (κ3) is 2.26. The molecule has 2 aromatic carbocycles. The van der Waals surface area contributed by atoms with Gasteiger partial charge in [-0.2, -0.15) is 0 Å². The SMILES string of the molecule is Cc1cccc2c1NCC(Cc1ccccc1)C2. The fourth-order valence-corrected chi connectivity index (χ4v) is 2.87. The average molecular weight is 237 g/mol. The van der Waals surface area contributed by atoms with Crippen LogP contribution >= 0.6 is 0 Å². The molecular formula is C17H19N. The third-order valence-corrected chi connectivity index (χ3v) is 3.80. The first-order valence-corrected chi connectivity index (χ1v) is 6.69. The second-order valence-corrected chi connectivity index (χ2v) is 5.25. The van der Waals surface area contributed by atoms with Crippen molar-refractivity contribution in [2.24, 2.45) is 5.92 Å². The molecule has 0 amide bonds. The predicted octanol–water partition coefficient (Wildman–Crippen LogP) is 3.82. The zero-order valence-corrected chi connectivity index (χ0v) is 10.8. The lowest BCUT2D eigenvalue weighted by atomic mass is 9.88. The van der Waals surface area contributed by atoms with Crippen molar-refractivity contribution in [1.29, 1.82) is 0 Å². The maximum atomic E-state index is 3.60. The first-order chi connectivity index (χ1) is 8.83. The lowest BCUT2D eigenvalue weighted by molar-refractivity contribution is 0.535. The number of para-hydroxylation sites is 1. The van der Waals surface area contributed by atoms with Gasteiger partial charge in [0.05, 0.1) is 0 Å². The van der Waals surface area contributed by atoms with Crippen molar-refractivity contribution in [2.75, 3.05) is 11.9 Å². The van der Waals surface area contributed by atoms with E-state index in [0.717, 1.165) is 6.54 Å². The molecule has 1 nitrogen and oxygen atoms in total. The Morgan fingerprint density at radius 3 is 2.72 bits per heavy atom. The number of hydrogen-bond donors (Lipinski definition) is 1. The summed E-state index contributed by atoms with van der Waals surface area (Å²) in [5.41, 5.74) is 5.65. The molecule has 0 fully saturated rings. The summed E-state index contributed by atoms with van der Waals surface area (Å²) in [6.07, 6.45) is 2.36. The van der Waals surface area contributed by atoms with Crippen LogP contribution in [0.15, 0.2) is 48.5 Å². The molecule has 1 aliphatic heterocycles. The third-order valence-electron chi connectivity index (χ3n) is 3.80. The van der Waals surface area contributed by atoms with Crippen LogP contribution in [-0.4, -0.2) is 6.54 Å². The fourth-order valence-electron chi connectivity index (χ4n) is 2.87. The molecule has 0 aliphatic carbocycles. The zero-order valence-electron chi connectivity index (χ0n) is 10.8. The highest BCUT2D eigenvalue weighted by Crippen LogP contribution is 2.29. The van der Waals surface area contributed by atoms with E-state index in [2.05, 4.69) is 60.8 Å². The van der Waals surface area contributed by atoms with Crippen LogP contribution in [0.5, 0.6) is 0 Å². The van der Waals surface area contributed by atoms with E-state index in [0.29, 0.717) is 5.92 Å². The predicted molar refractivity (Wildman–Crippen MR) is 77.0 cm³/mol. The van der Waals surface area contributed by atoms with Gasteiger partial charge in [0.2, 0.25) is 0 Å². The number of hydrogen-bond acceptors (Lipinski definition) is 1. The van der Waals surface area contributed by atoms with Gasteiger partial charge >= 0.3 is 0 Å². The van der Waals surface area contributed by atoms with E-state index in [4.69, 9.17) is 0 Å². The summed E-state index contributed by atoms with van der Waals surface area (Å²) in [5, 5.41) is 3.60. The topological polar surface area (TPSA) is 12.0 Å². The Morgan fingerprint density at radius 2 is 1.89 bits per heavy atom. The fraction of sp³-hybridized carbons (Fsp3) is 0.294. The van der Waals surface area contributed by atoms with E-state index in [-0.39, 0.29) is 0 Å². The normalized spacial score (nSPS) is 17.9. The Labute approximate surface area is 109 Å². The highest BCUT2D eigenvalue weighted by Gasteiger charge is 2.19. The minimum Gasteiger partial charge on any atom is -0.384 e. The lowest BCUT2D eigenvalue weighted by Crippen LogP contribution is -2.25. The van der Waals surface area contributed by atoms with E-state index in [9.17, 15) is 0 Å². The molecule has 0 spiro atoms. The molecule has 2 aromatic rings. The van der Waals surface area contributed by atoms with Crippen LogP contribution in [0.4, 0.5) is 5.69 Å². The summed E-state index contributed by atoms with van der Waals surface area (Å²) < 4.78 is 0. The molecule has 0 bridgehead atoms. The maximum absolute atomic E-state index is 3.60. The number of fused-ring (bicyclic) bond motifs is 1. The van der Waals surface area contributed by atoms with Gasteiger partial charge in [-0.25, -0.2) is 0 Å². The van der Waals surface area contributed by atoms with Crippen LogP contribution in [0.1, 0.15) is 16.7 Å². The molecular weight excluding hydrogens is 218 g/mol. The zero-order chi connectivity index (χ0) is 12.4. The highest BCUT2D eigenvalue weighted by atomic mass is 14.9. The summed E-state index contributed by atoms with van der Waals surface area (Å²) in [7, 11) is 0. The first-order valence-electron chi connectivity index (χ1n) is 6.69. The van der Waals surface area contributed by atoms with Crippen LogP contribution in [0, 0.1) is 12.8 Å². The van der Waals surface area contributed by atoms with E-state index in [1.54, 1.807) is 0 Å². The van der Waals surface area contributed by atoms with E-state index >= 15 is 0 Å². The second kappa shape index (κ2) is 4.85. The molecule has 1 unspecified atom stereocenters. The van der Waals surface area contributed by atoms with Crippen molar-refractivity contribution >= 4 is 5.69 Å². The van der Waals surface area contributed by atoms with Gasteiger partial charge in [-0.05, 0) is 42.4 Å². The molecule has 3 rings (SSSR count).